The molecule has 0 N–H and O–H groups in total. The molecule has 0 aliphatic carbocycles. The topological polar surface area (TPSA) is 49.9 Å². The normalized spacial score (nSPS) is 29.4. The summed E-state index contributed by atoms with van der Waals surface area (Å²) < 4.78 is 42.8. The lowest BCUT2D eigenvalue weighted by Crippen LogP contribution is -2.50. The Morgan fingerprint density at radius 3 is 2.65 bits per heavy atom. The van der Waals surface area contributed by atoms with Crippen molar-refractivity contribution in [2.24, 2.45) is 5.92 Å². The maximum atomic E-state index is 12.6. The molecule has 1 amide bonds. The van der Waals surface area contributed by atoms with Crippen molar-refractivity contribution in [1.29, 1.82) is 0 Å². The second-order valence-corrected chi connectivity index (χ2v) is 6.30. The van der Waals surface area contributed by atoms with E-state index in [1.165, 1.54) is 0 Å². The smallest absolute Gasteiger partial charge is 0.406 e. The SMILES string of the molecule is CCN(CC(F)(F)F)C(=O)[C@@H]1CCCN([C@@H]2C[C@H](C)OC2=O)C1. The number of piperidine rings is 1. The van der Waals surface area contributed by atoms with Crippen molar-refractivity contribution >= 4 is 11.9 Å². The van der Waals surface area contributed by atoms with Crippen molar-refractivity contribution in [1.82, 2.24) is 9.80 Å². The van der Waals surface area contributed by atoms with E-state index in [2.05, 4.69) is 0 Å². The van der Waals surface area contributed by atoms with Gasteiger partial charge in [0.25, 0.3) is 0 Å². The molecule has 8 heteroatoms. The lowest BCUT2D eigenvalue weighted by Gasteiger charge is -2.36. The Morgan fingerprint density at radius 1 is 1.43 bits per heavy atom. The van der Waals surface area contributed by atoms with E-state index in [1.807, 2.05) is 11.8 Å². The minimum Gasteiger partial charge on any atom is -0.461 e. The van der Waals surface area contributed by atoms with Crippen LogP contribution in [0.2, 0.25) is 0 Å². The van der Waals surface area contributed by atoms with Crippen molar-refractivity contribution in [2.45, 2.75) is 51.4 Å². The summed E-state index contributed by atoms with van der Waals surface area (Å²) in [5.74, 6) is -1.27. The number of hydrogen-bond donors (Lipinski definition) is 0. The number of hydrogen-bond acceptors (Lipinski definition) is 4. The van der Waals surface area contributed by atoms with Gasteiger partial charge in [0.05, 0.1) is 5.92 Å². The fourth-order valence-corrected chi connectivity index (χ4v) is 3.34. The molecular formula is C15H23F3N2O3. The van der Waals surface area contributed by atoms with E-state index in [1.54, 1.807) is 6.92 Å². The first-order valence-electron chi connectivity index (χ1n) is 8.01. The molecule has 0 radical (unpaired) electrons. The average molecular weight is 336 g/mol. The second kappa shape index (κ2) is 7.07. The van der Waals surface area contributed by atoms with Gasteiger partial charge in [-0.15, -0.1) is 0 Å². The molecule has 5 nitrogen and oxygen atoms in total. The number of halogens is 3. The molecule has 0 unspecified atom stereocenters. The molecule has 23 heavy (non-hydrogen) atoms. The number of alkyl halides is 3. The quantitative estimate of drug-likeness (QED) is 0.735. The molecule has 2 fully saturated rings. The molecule has 0 aromatic rings. The molecule has 2 aliphatic rings. The zero-order valence-corrected chi connectivity index (χ0v) is 13.4. The Hall–Kier alpha value is -1.31. The summed E-state index contributed by atoms with van der Waals surface area (Å²) in [5, 5.41) is 0. The fraction of sp³-hybridized carbons (Fsp3) is 0.867. The average Bonchev–Trinajstić information content (AvgIpc) is 2.82. The molecule has 2 rings (SSSR count). The first kappa shape index (κ1) is 18.0. The summed E-state index contributed by atoms with van der Waals surface area (Å²) in [7, 11) is 0. The molecule has 3 atom stereocenters. The number of carbonyl (C=O) groups is 2. The minimum atomic E-state index is -4.40. The predicted molar refractivity (Wildman–Crippen MR) is 76.6 cm³/mol. The Bertz CT molecular complexity index is 456. The highest BCUT2D eigenvalue weighted by atomic mass is 19.4. The van der Waals surface area contributed by atoms with Crippen LogP contribution in [-0.4, -0.2) is 66.2 Å². The molecule has 0 aromatic heterocycles. The highest BCUT2D eigenvalue weighted by Crippen LogP contribution is 2.27. The number of amides is 1. The highest BCUT2D eigenvalue weighted by Gasteiger charge is 2.41. The van der Waals surface area contributed by atoms with E-state index in [4.69, 9.17) is 4.74 Å². The van der Waals surface area contributed by atoms with Gasteiger partial charge in [-0.25, -0.2) is 0 Å². The first-order valence-corrected chi connectivity index (χ1v) is 8.01. The van der Waals surface area contributed by atoms with Crippen LogP contribution in [0.3, 0.4) is 0 Å². The van der Waals surface area contributed by atoms with Crippen molar-refractivity contribution < 1.29 is 27.5 Å². The Kier molecular flexibility index (Phi) is 5.54. The maximum Gasteiger partial charge on any atom is 0.406 e. The van der Waals surface area contributed by atoms with Crippen molar-refractivity contribution in [3.05, 3.63) is 0 Å². The Balaban J connectivity index is 1.99. The van der Waals surface area contributed by atoms with Gasteiger partial charge in [0.1, 0.15) is 18.7 Å². The highest BCUT2D eigenvalue weighted by molar-refractivity contribution is 5.80. The van der Waals surface area contributed by atoms with Gasteiger partial charge in [0.2, 0.25) is 5.91 Å². The van der Waals surface area contributed by atoms with Crippen LogP contribution in [0.4, 0.5) is 13.2 Å². The fourth-order valence-electron chi connectivity index (χ4n) is 3.34. The van der Waals surface area contributed by atoms with E-state index in [0.717, 1.165) is 4.90 Å². The Labute approximate surface area is 133 Å². The molecule has 0 aromatic carbocycles. The number of likely N-dealkylation sites (tertiary alicyclic amines) is 1. The number of ether oxygens (including phenoxy) is 1. The molecule has 2 saturated heterocycles. The summed E-state index contributed by atoms with van der Waals surface area (Å²) in [6.45, 7) is 3.15. The van der Waals surface area contributed by atoms with Gasteiger partial charge in [-0.05, 0) is 33.2 Å². The first-order chi connectivity index (χ1) is 10.7. The van der Waals surface area contributed by atoms with Gasteiger partial charge in [-0.2, -0.15) is 13.2 Å². The van der Waals surface area contributed by atoms with E-state index in [9.17, 15) is 22.8 Å². The van der Waals surface area contributed by atoms with Crippen LogP contribution in [0.25, 0.3) is 0 Å². The summed E-state index contributed by atoms with van der Waals surface area (Å²) in [6.07, 6.45) is -2.73. The lowest BCUT2D eigenvalue weighted by molar-refractivity contribution is -0.164. The van der Waals surface area contributed by atoms with Crippen molar-refractivity contribution in [3.8, 4) is 0 Å². The van der Waals surface area contributed by atoms with Crippen molar-refractivity contribution in [3.63, 3.8) is 0 Å². The van der Waals surface area contributed by atoms with Gasteiger partial charge in [-0.1, -0.05) is 0 Å². The van der Waals surface area contributed by atoms with Gasteiger partial charge in [0, 0.05) is 19.5 Å². The van der Waals surface area contributed by atoms with Gasteiger partial charge in [0.15, 0.2) is 0 Å². The summed E-state index contributed by atoms with van der Waals surface area (Å²) >= 11 is 0. The number of nitrogens with zero attached hydrogens (tertiary/aromatic N) is 2. The molecule has 0 spiro atoms. The van der Waals surface area contributed by atoms with Gasteiger partial charge >= 0.3 is 12.1 Å². The van der Waals surface area contributed by atoms with E-state index in [-0.39, 0.29) is 24.7 Å². The molecule has 0 bridgehead atoms. The maximum absolute atomic E-state index is 12.6. The van der Waals surface area contributed by atoms with E-state index in [0.29, 0.717) is 32.4 Å². The number of carbonyl (C=O) groups excluding carboxylic acids is 2. The van der Waals surface area contributed by atoms with Crippen LogP contribution in [0.15, 0.2) is 0 Å². The van der Waals surface area contributed by atoms with E-state index >= 15 is 0 Å². The van der Waals surface area contributed by atoms with Gasteiger partial charge < -0.3 is 9.64 Å². The number of rotatable bonds is 4. The summed E-state index contributed by atoms with van der Waals surface area (Å²) in [4.78, 5) is 27.0. The minimum absolute atomic E-state index is 0.0251. The van der Waals surface area contributed by atoms with Crippen LogP contribution < -0.4 is 0 Å². The molecule has 2 heterocycles. The molecular weight excluding hydrogens is 313 g/mol. The van der Waals surface area contributed by atoms with E-state index < -0.39 is 24.5 Å². The third-order valence-corrected chi connectivity index (χ3v) is 4.45. The van der Waals surface area contributed by atoms with Crippen LogP contribution in [0.1, 0.15) is 33.1 Å². The predicted octanol–water partition coefficient (Wildman–Crippen LogP) is 1.81. The second-order valence-electron chi connectivity index (χ2n) is 6.30. The van der Waals surface area contributed by atoms with Crippen LogP contribution >= 0.6 is 0 Å². The molecule has 0 saturated carbocycles. The number of cyclic esters (lactones) is 1. The lowest BCUT2D eigenvalue weighted by atomic mass is 9.94. The molecule has 132 valence electrons. The zero-order valence-electron chi connectivity index (χ0n) is 13.4. The molecule has 2 aliphatic heterocycles. The monoisotopic (exact) mass is 336 g/mol. The van der Waals surface area contributed by atoms with Crippen LogP contribution in [-0.2, 0) is 14.3 Å². The Morgan fingerprint density at radius 2 is 2.13 bits per heavy atom. The van der Waals surface area contributed by atoms with Crippen molar-refractivity contribution in [2.75, 3.05) is 26.2 Å². The number of esters is 1. The standard InChI is InChI=1S/C15H23F3N2O3/c1-3-19(9-15(16,17)18)13(21)11-5-4-6-20(8-11)12-7-10(2)23-14(12)22/h10-12H,3-9H2,1-2H3/t10-,11+,12+/m0/s1. The largest absolute Gasteiger partial charge is 0.461 e. The van der Waals surface area contributed by atoms with Crippen LogP contribution in [0.5, 0.6) is 0 Å². The van der Waals surface area contributed by atoms with Crippen LogP contribution in [0, 0.1) is 5.92 Å². The summed E-state index contributed by atoms with van der Waals surface area (Å²) in [6, 6.07) is -0.377. The van der Waals surface area contributed by atoms with Gasteiger partial charge in [-0.3, -0.25) is 14.5 Å². The third kappa shape index (κ3) is 4.59. The third-order valence-electron chi connectivity index (χ3n) is 4.45. The zero-order chi connectivity index (χ0) is 17.2. The summed E-state index contributed by atoms with van der Waals surface area (Å²) in [5.41, 5.74) is 0.